The summed E-state index contributed by atoms with van der Waals surface area (Å²) in [7, 11) is 0. The lowest BCUT2D eigenvalue weighted by Gasteiger charge is -2.24. The Balaban J connectivity index is 2.63. The van der Waals surface area contributed by atoms with Crippen molar-refractivity contribution in [2.45, 2.75) is 65.4 Å². The van der Waals surface area contributed by atoms with Crippen LogP contribution in [0, 0.1) is 0 Å². The third kappa shape index (κ3) is 4.69. The van der Waals surface area contributed by atoms with Crippen LogP contribution < -0.4 is 4.89 Å². The molecule has 0 aromatic heterocycles. The minimum absolute atomic E-state index is 0.236. The van der Waals surface area contributed by atoms with E-state index in [0.29, 0.717) is 5.92 Å². The molecule has 1 aromatic rings. The van der Waals surface area contributed by atoms with E-state index in [1.807, 2.05) is 18.2 Å². The number of hydrogen-bond donors (Lipinski definition) is 0. The summed E-state index contributed by atoms with van der Waals surface area (Å²) in [6.45, 7) is 10.6. The summed E-state index contributed by atoms with van der Waals surface area (Å²) < 4.78 is 0. The van der Waals surface area contributed by atoms with Crippen molar-refractivity contribution in [2.75, 3.05) is 0 Å². The Morgan fingerprint density at radius 2 is 1.83 bits per heavy atom. The summed E-state index contributed by atoms with van der Waals surface area (Å²) in [4.78, 5) is 11.2. The normalized spacial score (nSPS) is 11.9. The molecule has 0 fully saturated rings. The maximum atomic E-state index is 5.61. The Labute approximate surface area is 111 Å². The molecule has 0 heterocycles. The number of unbranched alkanes of at least 4 members (excludes halogenated alkanes) is 1. The van der Waals surface area contributed by atoms with Gasteiger partial charge in [-0.3, -0.25) is 0 Å². The molecule has 102 valence electrons. The minimum Gasteiger partial charge on any atom is -0.337 e. The van der Waals surface area contributed by atoms with E-state index in [4.69, 9.17) is 9.78 Å². The highest BCUT2D eigenvalue weighted by Gasteiger charge is 2.21. The Kier molecular flexibility index (Phi) is 5.67. The van der Waals surface area contributed by atoms with Gasteiger partial charge >= 0.3 is 0 Å². The first kappa shape index (κ1) is 15.0. The molecule has 0 aliphatic carbocycles. The molecule has 18 heavy (non-hydrogen) atoms. The van der Waals surface area contributed by atoms with Crippen molar-refractivity contribution in [3.05, 3.63) is 29.8 Å². The van der Waals surface area contributed by atoms with Gasteiger partial charge in [0.15, 0.2) is 5.75 Å². The monoisotopic (exact) mass is 250 g/mol. The van der Waals surface area contributed by atoms with Crippen molar-refractivity contribution in [3.63, 3.8) is 0 Å². The molecule has 1 rings (SSSR count). The number of hydrogen-bond acceptors (Lipinski definition) is 2. The Morgan fingerprint density at radius 1 is 1.17 bits per heavy atom. The van der Waals surface area contributed by atoms with Gasteiger partial charge in [0.25, 0.3) is 0 Å². The van der Waals surface area contributed by atoms with Crippen LogP contribution in [0.1, 0.15) is 65.4 Å². The van der Waals surface area contributed by atoms with Crippen molar-refractivity contribution in [2.24, 2.45) is 0 Å². The Morgan fingerprint density at radius 3 is 2.44 bits per heavy atom. The molecular formula is C16H26O2. The van der Waals surface area contributed by atoms with Crippen LogP contribution >= 0.6 is 0 Å². The fraction of sp³-hybridized carbons (Fsp3) is 0.625. The van der Waals surface area contributed by atoms with Gasteiger partial charge in [0.1, 0.15) is 5.60 Å². The Hall–Kier alpha value is -1.02. The van der Waals surface area contributed by atoms with E-state index >= 15 is 0 Å². The lowest BCUT2D eigenvalue weighted by molar-refractivity contribution is -0.283. The summed E-state index contributed by atoms with van der Waals surface area (Å²) in [5.41, 5.74) is 0.948. The molecule has 0 saturated heterocycles. The summed E-state index contributed by atoms with van der Waals surface area (Å²) in [5.74, 6) is 1.26. The maximum absolute atomic E-state index is 5.61. The molecule has 0 spiro atoms. The van der Waals surface area contributed by atoms with Crippen LogP contribution in [0.15, 0.2) is 24.3 Å². The van der Waals surface area contributed by atoms with Crippen molar-refractivity contribution in [1.82, 2.24) is 0 Å². The second-order valence-corrected chi connectivity index (χ2v) is 5.72. The van der Waals surface area contributed by atoms with Crippen LogP contribution in [0.5, 0.6) is 5.75 Å². The third-order valence-electron chi connectivity index (χ3n) is 3.03. The van der Waals surface area contributed by atoms with Crippen LogP contribution in [0.2, 0.25) is 0 Å². The number of rotatable bonds is 7. The Bertz CT molecular complexity index is 356. The minimum atomic E-state index is -0.236. The zero-order valence-corrected chi connectivity index (χ0v) is 12.3. The van der Waals surface area contributed by atoms with Crippen LogP contribution in [0.4, 0.5) is 0 Å². The van der Waals surface area contributed by atoms with E-state index in [-0.39, 0.29) is 5.60 Å². The lowest BCUT2D eigenvalue weighted by atomic mass is 10.0. The highest BCUT2D eigenvalue weighted by Crippen LogP contribution is 2.28. The van der Waals surface area contributed by atoms with E-state index in [2.05, 4.69) is 40.7 Å². The molecule has 0 saturated carbocycles. The molecule has 0 bridgehead atoms. The fourth-order valence-corrected chi connectivity index (χ4v) is 1.84. The molecule has 0 amide bonds. The van der Waals surface area contributed by atoms with Gasteiger partial charge in [-0.2, -0.15) is 4.89 Å². The van der Waals surface area contributed by atoms with Gasteiger partial charge in [0, 0.05) is 5.56 Å². The maximum Gasteiger partial charge on any atom is 0.168 e. The SMILES string of the molecule is CCCCC(C)(C)OOc1ccccc1C(C)C. The van der Waals surface area contributed by atoms with E-state index in [1.165, 1.54) is 12.0 Å². The first-order valence-electron chi connectivity index (χ1n) is 6.91. The number of benzene rings is 1. The van der Waals surface area contributed by atoms with Crippen LogP contribution in [0.25, 0.3) is 0 Å². The first-order chi connectivity index (χ1) is 8.46. The van der Waals surface area contributed by atoms with Gasteiger partial charge in [-0.15, -0.1) is 0 Å². The van der Waals surface area contributed by atoms with E-state index in [1.54, 1.807) is 0 Å². The van der Waals surface area contributed by atoms with Crippen molar-refractivity contribution < 1.29 is 9.78 Å². The molecule has 1 aromatic carbocycles. The summed E-state index contributed by atoms with van der Waals surface area (Å²) in [6.07, 6.45) is 3.34. The van der Waals surface area contributed by atoms with E-state index < -0.39 is 0 Å². The van der Waals surface area contributed by atoms with Crippen LogP contribution in [-0.2, 0) is 4.89 Å². The van der Waals surface area contributed by atoms with Gasteiger partial charge in [-0.05, 0) is 32.3 Å². The van der Waals surface area contributed by atoms with Crippen LogP contribution in [0.3, 0.4) is 0 Å². The van der Waals surface area contributed by atoms with Crippen molar-refractivity contribution >= 4 is 0 Å². The molecule has 0 aliphatic heterocycles. The van der Waals surface area contributed by atoms with Gasteiger partial charge < -0.3 is 4.89 Å². The van der Waals surface area contributed by atoms with Crippen molar-refractivity contribution in [3.8, 4) is 5.75 Å². The van der Waals surface area contributed by atoms with Gasteiger partial charge in [-0.25, -0.2) is 0 Å². The largest absolute Gasteiger partial charge is 0.337 e. The van der Waals surface area contributed by atoms with Gasteiger partial charge in [0.2, 0.25) is 0 Å². The predicted octanol–water partition coefficient (Wildman–Crippen LogP) is 5.09. The summed E-state index contributed by atoms with van der Waals surface area (Å²) in [6, 6.07) is 8.06. The smallest absolute Gasteiger partial charge is 0.168 e. The molecular weight excluding hydrogens is 224 g/mol. The lowest BCUT2D eigenvalue weighted by Crippen LogP contribution is -2.26. The molecule has 0 unspecified atom stereocenters. The molecule has 0 N–H and O–H groups in total. The molecule has 0 atom stereocenters. The van der Waals surface area contributed by atoms with Gasteiger partial charge in [-0.1, -0.05) is 51.8 Å². The zero-order chi connectivity index (χ0) is 13.6. The molecule has 2 nitrogen and oxygen atoms in total. The fourth-order valence-electron chi connectivity index (χ4n) is 1.84. The topological polar surface area (TPSA) is 18.5 Å². The summed E-state index contributed by atoms with van der Waals surface area (Å²) in [5, 5.41) is 0. The second-order valence-electron chi connectivity index (χ2n) is 5.72. The number of para-hydroxylation sites is 1. The highest BCUT2D eigenvalue weighted by molar-refractivity contribution is 5.35. The molecule has 0 aliphatic rings. The predicted molar refractivity (Wildman–Crippen MR) is 75.8 cm³/mol. The summed E-state index contributed by atoms with van der Waals surface area (Å²) >= 11 is 0. The standard InChI is InChI=1S/C16H26O2/c1-6-7-12-16(4,5)18-17-15-11-9-8-10-14(15)13(2)3/h8-11,13H,6-7,12H2,1-5H3. The first-order valence-corrected chi connectivity index (χ1v) is 6.91. The average molecular weight is 250 g/mol. The second kappa shape index (κ2) is 6.79. The quantitative estimate of drug-likeness (QED) is 0.495. The highest BCUT2D eigenvalue weighted by atomic mass is 17.2. The van der Waals surface area contributed by atoms with Crippen molar-refractivity contribution in [1.29, 1.82) is 0 Å². The third-order valence-corrected chi connectivity index (χ3v) is 3.03. The van der Waals surface area contributed by atoms with E-state index in [9.17, 15) is 0 Å². The zero-order valence-electron chi connectivity index (χ0n) is 12.3. The van der Waals surface area contributed by atoms with Crippen LogP contribution in [-0.4, -0.2) is 5.60 Å². The van der Waals surface area contributed by atoms with Gasteiger partial charge in [0.05, 0.1) is 0 Å². The van der Waals surface area contributed by atoms with E-state index in [0.717, 1.165) is 18.6 Å². The molecule has 0 radical (unpaired) electrons. The average Bonchev–Trinajstić information content (AvgIpc) is 2.34. The molecule has 2 heteroatoms.